The van der Waals surface area contributed by atoms with Gasteiger partial charge in [0, 0.05) is 12.4 Å². The van der Waals surface area contributed by atoms with Crippen LogP contribution in [0, 0.1) is 5.82 Å². The van der Waals surface area contributed by atoms with Crippen LogP contribution in [0.2, 0.25) is 0 Å². The summed E-state index contributed by atoms with van der Waals surface area (Å²) in [5.74, 6) is 0.0799. The van der Waals surface area contributed by atoms with Crippen molar-refractivity contribution in [2.75, 3.05) is 7.05 Å². The topological polar surface area (TPSA) is 50.5 Å². The van der Waals surface area contributed by atoms with E-state index in [2.05, 4.69) is 0 Å². The van der Waals surface area contributed by atoms with E-state index >= 15 is 0 Å². The summed E-state index contributed by atoms with van der Waals surface area (Å²) in [4.78, 5) is 0.0457. The molecule has 0 N–H and O–H groups in total. The number of sulfonamides is 1. The molecule has 1 aromatic heterocycles. The predicted molar refractivity (Wildman–Crippen MR) is 86.0 cm³/mol. The maximum atomic E-state index is 13.0. The summed E-state index contributed by atoms with van der Waals surface area (Å²) >= 11 is 0. The molecule has 0 fully saturated rings. The van der Waals surface area contributed by atoms with Crippen molar-refractivity contribution in [1.82, 2.24) is 4.31 Å². The Hall–Kier alpha value is -2.18. The van der Waals surface area contributed by atoms with Gasteiger partial charge in [0.2, 0.25) is 10.0 Å². The van der Waals surface area contributed by atoms with Crippen LogP contribution >= 0.6 is 0 Å². The molecular formula is C17H16FNO3S. The first-order chi connectivity index (χ1) is 10.9. The van der Waals surface area contributed by atoms with E-state index < -0.39 is 21.9 Å². The molecule has 0 saturated carbocycles. The van der Waals surface area contributed by atoms with Crippen LogP contribution in [0.25, 0.3) is 11.0 Å². The number of halogens is 1. The average molecular weight is 333 g/mol. The van der Waals surface area contributed by atoms with Crippen molar-refractivity contribution in [3.8, 4) is 0 Å². The molecule has 0 aliphatic rings. The Balaban J connectivity index is 1.94. The normalized spacial score (nSPS) is 13.6. The molecule has 4 nitrogen and oxygen atoms in total. The van der Waals surface area contributed by atoms with Crippen molar-refractivity contribution in [3.05, 3.63) is 66.2 Å². The minimum Gasteiger partial charge on any atom is -0.459 e. The van der Waals surface area contributed by atoms with E-state index in [1.54, 1.807) is 6.92 Å². The lowest BCUT2D eigenvalue weighted by Crippen LogP contribution is -2.29. The number of furan rings is 1. The lowest BCUT2D eigenvalue weighted by Gasteiger charge is -2.22. The van der Waals surface area contributed by atoms with Crippen LogP contribution in [0.4, 0.5) is 4.39 Å². The summed E-state index contributed by atoms with van der Waals surface area (Å²) in [7, 11) is -2.25. The molecule has 3 rings (SSSR count). The quantitative estimate of drug-likeness (QED) is 0.726. The van der Waals surface area contributed by atoms with Crippen molar-refractivity contribution in [2.45, 2.75) is 17.9 Å². The predicted octanol–water partition coefficient (Wildman–Crippen LogP) is 3.95. The smallest absolute Gasteiger partial charge is 0.243 e. The van der Waals surface area contributed by atoms with Gasteiger partial charge in [0.15, 0.2) is 0 Å². The molecule has 0 spiro atoms. The van der Waals surface area contributed by atoms with Gasteiger partial charge < -0.3 is 4.42 Å². The fourth-order valence-corrected chi connectivity index (χ4v) is 3.70. The molecule has 1 heterocycles. The molecule has 23 heavy (non-hydrogen) atoms. The molecule has 0 bridgehead atoms. The van der Waals surface area contributed by atoms with Crippen LogP contribution in [0.3, 0.4) is 0 Å². The van der Waals surface area contributed by atoms with Crippen LogP contribution in [-0.4, -0.2) is 19.8 Å². The first-order valence-electron chi connectivity index (χ1n) is 7.11. The highest BCUT2D eigenvalue weighted by molar-refractivity contribution is 7.89. The zero-order valence-corrected chi connectivity index (χ0v) is 13.5. The molecule has 0 saturated heterocycles. The summed E-state index contributed by atoms with van der Waals surface area (Å²) in [6.07, 6.45) is 0. The van der Waals surface area contributed by atoms with Gasteiger partial charge in [0.1, 0.15) is 17.2 Å². The van der Waals surface area contributed by atoms with Gasteiger partial charge in [0.05, 0.1) is 10.9 Å². The fraction of sp³-hybridized carbons (Fsp3) is 0.176. The molecule has 0 aliphatic heterocycles. The number of nitrogens with zero attached hydrogens (tertiary/aromatic N) is 1. The Labute approximate surface area is 134 Å². The number of rotatable bonds is 4. The molecule has 0 amide bonds. The highest BCUT2D eigenvalue weighted by Gasteiger charge is 2.28. The summed E-state index contributed by atoms with van der Waals surface area (Å²) in [5, 5.41) is 0.918. The van der Waals surface area contributed by atoms with Gasteiger partial charge in [-0.05, 0) is 43.3 Å². The number of benzene rings is 2. The number of para-hydroxylation sites is 1. The monoisotopic (exact) mass is 333 g/mol. The molecular weight excluding hydrogens is 317 g/mol. The molecule has 0 aliphatic carbocycles. The maximum absolute atomic E-state index is 13.0. The third-order valence-corrected chi connectivity index (χ3v) is 5.83. The standard InChI is InChI=1S/C17H16FNO3S/c1-12(17-11-13-5-3-4-6-16(13)22-17)19(2)23(20,21)15-9-7-14(18)8-10-15/h3-12H,1-2H3. The van der Waals surface area contributed by atoms with E-state index in [0.717, 1.165) is 17.5 Å². The van der Waals surface area contributed by atoms with Gasteiger partial charge in [-0.3, -0.25) is 0 Å². The second-order valence-electron chi connectivity index (χ2n) is 5.34. The van der Waals surface area contributed by atoms with Crippen LogP contribution in [0.1, 0.15) is 18.7 Å². The van der Waals surface area contributed by atoms with Crippen molar-refractivity contribution < 1.29 is 17.2 Å². The summed E-state index contributed by atoms with van der Waals surface area (Å²) in [5.41, 5.74) is 0.710. The lowest BCUT2D eigenvalue weighted by molar-refractivity contribution is 0.348. The van der Waals surface area contributed by atoms with Crippen LogP contribution in [-0.2, 0) is 10.0 Å². The van der Waals surface area contributed by atoms with Gasteiger partial charge in [-0.2, -0.15) is 4.31 Å². The van der Waals surface area contributed by atoms with Crippen molar-refractivity contribution in [2.24, 2.45) is 0 Å². The van der Waals surface area contributed by atoms with Crippen molar-refractivity contribution in [1.29, 1.82) is 0 Å². The van der Waals surface area contributed by atoms with E-state index in [1.165, 1.54) is 23.5 Å². The molecule has 3 aromatic rings. The molecule has 2 aromatic carbocycles. The lowest BCUT2D eigenvalue weighted by atomic mass is 10.2. The van der Waals surface area contributed by atoms with Crippen LogP contribution < -0.4 is 0 Å². The Morgan fingerprint density at radius 1 is 1.09 bits per heavy atom. The molecule has 0 radical (unpaired) electrons. The second-order valence-corrected chi connectivity index (χ2v) is 7.34. The van der Waals surface area contributed by atoms with Gasteiger partial charge in [-0.15, -0.1) is 0 Å². The highest BCUT2D eigenvalue weighted by atomic mass is 32.2. The van der Waals surface area contributed by atoms with E-state index in [1.807, 2.05) is 30.3 Å². The van der Waals surface area contributed by atoms with Gasteiger partial charge in [0.25, 0.3) is 0 Å². The average Bonchev–Trinajstić information content (AvgIpc) is 2.98. The van der Waals surface area contributed by atoms with Crippen molar-refractivity contribution >= 4 is 21.0 Å². The third kappa shape index (κ3) is 2.87. The minimum absolute atomic E-state index is 0.0457. The Morgan fingerprint density at radius 3 is 2.39 bits per heavy atom. The Morgan fingerprint density at radius 2 is 1.74 bits per heavy atom. The first kappa shape index (κ1) is 15.7. The zero-order chi connectivity index (χ0) is 16.6. The van der Waals surface area contributed by atoms with E-state index in [0.29, 0.717) is 11.3 Å². The van der Waals surface area contributed by atoms with E-state index in [-0.39, 0.29) is 4.90 Å². The first-order valence-corrected chi connectivity index (χ1v) is 8.55. The van der Waals surface area contributed by atoms with Crippen molar-refractivity contribution in [3.63, 3.8) is 0 Å². The SMILES string of the molecule is CC(c1cc2ccccc2o1)N(C)S(=O)(=O)c1ccc(F)cc1. The van der Waals surface area contributed by atoms with Gasteiger partial charge >= 0.3 is 0 Å². The summed E-state index contributed by atoms with van der Waals surface area (Å²) in [6.45, 7) is 1.75. The zero-order valence-electron chi connectivity index (χ0n) is 12.7. The fourth-order valence-electron chi connectivity index (χ4n) is 2.37. The molecule has 1 atom stereocenters. The minimum atomic E-state index is -3.73. The number of fused-ring (bicyclic) bond motifs is 1. The summed E-state index contributed by atoms with van der Waals surface area (Å²) < 4.78 is 45.2. The third-order valence-electron chi connectivity index (χ3n) is 3.89. The van der Waals surface area contributed by atoms with Gasteiger partial charge in [-0.1, -0.05) is 18.2 Å². The second kappa shape index (κ2) is 5.79. The highest BCUT2D eigenvalue weighted by Crippen LogP contribution is 2.30. The largest absolute Gasteiger partial charge is 0.459 e. The van der Waals surface area contributed by atoms with E-state index in [4.69, 9.17) is 4.42 Å². The summed E-state index contributed by atoms with van der Waals surface area (Å²) in [6, 6.07) is 13.6. The van der Waals surface area contributed by atoms with Crippen LogP contribution in [0.5, 0.6) is 0 Å². The molecule has 1 unspecified atom stereocenters. The van der Waals surface area contributed by atoms with E-state index in [9.17, 15) is 12.8 Å². The molecule has 6 heteroatoms. The number of hydrogen-bond acceptors (Lipinski definition) is 3. The van der Waals surface area contributed by atoms with Gasteiger partial charge in [-0.25, -0.2) is 12.8 Å². The van der Waals surface area contributed by atoms with Crippen LogP contribution in [0.15, 0.2) is 63.9 Å². The Kier molecular flexibility index (Phi) is 3.95. The Bertz CT molecular complexity index is 899. The number of hydrogen-bond donors (Lipinski definition) is 0. The maximum Gasteiger partial charge on any atom is 0.243 e. The molecule has 120 valence electrons.